The number of rotatable bonds is 4. The van der Waals surface area contributed by atoms with Crippen molar-refractivity contribution in [3.8, 4) is 0 Å². The van der Waals surface area contributed by atoms with E-state index in [9.17, 15) is 8.42 Å². The highest BCUT2D eigenvalue weighted by atomic mass is 79.9. The number of sulfonamides is 1. The first-order chi connectivity index (χ1) is 9.87. The Bertz CT molecular complexity index is 647. The van der Waals surface area contributed by atoms with Crippen molar-refractivity contribution in [2.24, 2.45) is 17.8 Å². The lowest BCUT2D eigenvalue weighted by atomic mass is 9.84. The molecular weight excluding hydrogens is 352 g/mol. The number of nitrogens with one attached hydrogen (secondary N) is 1. The zero-order chi connectivity index (χ0) is 15.2. The molecule has 6 heteroatoms. The second kappa shape index (κ2) is 5.56. The Morgan fingerprint density at radius 1 is 1.33 bits per heavy atom. The third kappa shape index (κ3) is 2.98. The van der Waals surface area contributed by atoms with Crippen LogP contribution in [0.3, 0.4) is 0 Å². The van der Waals surface area contributed by atoms with Crippen molar-refractivity contribution in [1.82, 2.24) is 4.72 Å². The van der Waals surface area contributed by atoms with Crippen molar-refractivity contribution in [2.75, 3.05) is 5.73 Å². The van der Waals surface area contributed by atoms with Crippen LogP contribution in [0.15, 0.2) is 27.6 Å². The van der Waals surface area contributed by atoms with Gasteiger partial charge in [0.1, 0.15) is 0 Å². The van der Waals surface area contributed by atoms with Crippen molar-refractivity contribution in [1.29, 1.82) is 0 Å². The molecule has 2 fully saturated rings. The highest BCUT2D eigenvalue weighted by Crippen LogP contribution is 2.49. The van der Waals surface area contributed by atoms with E-state index in [4.69, 9.17) is 5.73 Å². The predicted molar refractivity (Wildman–Crippen MR) is 87.3 cm³/mol. The van der Waals surface area contributed by atoms with Crippen molar-refractivity contribution < 1.29 is 8.42 Å². The highest BCUT2D eigenvalue weighted by Gasteiger charge is 2.42. The molecule has 0 aliphatic heterocycles. The van der Waals surface area contributed by atoms with Crippen molar-refractivity contribution >= 4 is 31.6 Å². The molecule has 2 bridgehead atoms. The first-order valence-corrected chi connectivity index (χ1v) is 9.72. The molecule has 2 saturated carbocycles. The van der Waals surface area contributed by atoms with Crippen LogP contribution in [0.1, 0.15) is 32.6 Å². The van der Waals surface area contributed by atoms with Gasteiger partial charge in [0.2, 0.25) is 10.0 Å². The molecule has 0 radical (unpaired) electrons. The summed E-state index contributed by atoms with van der Waals surface area (Å²) in [7, 11) is -3.51. The molecule has 21 heavy (non-hydrogen) atoms. The standard InChI is InChI=1S/C15H21BrN2O2S/c1-9(13-7-10-2-3-11(13)6-10)18-21(19,20)15-5-4-12(17)8-14(15)16/h4-5,8-11,13,18H,2-3,6-7,17H2,1H3. The fraction of sp³-hybridized carbons (Fsp3) is 0.600. The first kappa shape index (κ1) is 15.3. The minimum Gasteiger partial charge on any atom is -0.399 e. The third-order valence-electron chi connectivity index (χ3n) is 5.02. The Morgan fingerprint density at radius 2 is 2.10 bits per heavy atom. The van der Waals surface area contributed by atoms with E-state index in [1.54, 1.807) is 18.2 Å². The Labute approximate surface area is 134 Å². The summed E-state index contributed by atoms with van der Waals surface area (Å²) in [4.78, 5) is 0.256. The number of hydrogen-bond donors (Lipinski definition) is 2. The van der Waals surface area contributed by atoms with E-state index in [1.807, 2.05) is 6.92 Å². The van der Waals surface area contributed by atoms with Gasteiger partial charge in [0.15, 0.2) is 0 Å². The Hall–Kier alpha value is -0.590. The Morgan fingerprint density at radius 3 is 2.67 bits per heavy atom. The van der Waals surface area contributed by atoms with E-state index in [0.29, 0.717) is 22.0 Å². The van der Waals surface area contributed by atoms with Crippen LogP contribution in [0.4, 0.5) is 5.69 Å². The predicted octanol–water partition coefficient (Wildman–Crippen LogP) is 3.13. The lowest BCUT2D eigenvalue weighted by Crippen LogP contribution is -2.40. The molecule has 4 nitrogen and oxygen atoms in total. The molecule has 1 aromatic rings. The van der Waals surface area contributed by atoms with Gasteiger partial charge in [-0.05, 0) is 78.1 Å². The van der Waals surface area contributed by atoms with Crippen molar-refractivity contribution in [2.45, 2.75) is 43.5 Å². The van der Waals surface area contributed by atoms with Crippen LogP contribution in [0.25, 0.3) is 0 Å². The number of fused-ring (bicyclic) bond motifs is 2. The van der Waals surface area contributed by atoms with Crippen LogP contribution in [-0.2, 0) is 10.0 Å². The van der Waals surface area contributed by atoms with Gasteiger partial charge in [0.05, 0.1) is 4.90 Å². The first-order valence-electron chi connectivity index (χ1n) is 7.44. The SMILES string of the molecule is CC(NS(=O)(=O)c1ccc(N)cc1Br)C1CC2CCC1C2. The smallest absolute Gasteiger partial charge is 0.241 e. The number of hydrogen-bond acceptors (Lipinski definition) is 3. The second-order valence-corrected chi connectivity index (χ2v) is 8.98. The summed E-state index contributed by atoms with van der Waals surface area (Å²) < 4.78 is 28.5. The van der Waals surface area contributed by atoms with E-state index in [2.05, 4.69) is 20.7 Å². The molecule has 0 spiro atoms. The van der Waals surface area contributed by atoms with Gasteiger partial charge >= 0.3 is 0 Å². The molecule has 4 atom stereocenters. The maximum atomic E-state index is 12.6. The molecule has 4 unspecified atom stereocenters. The minimum absolute atomic E-state index is 0.0187. The summed E-state index contributed by atoms with van der Waals surface area (Å²) in [5, 5.41) is 0. The number of nitrogen functional groups attached to an aromatic ring is 1. The van der Waals surface area contributed by atoms with Crippen LogP contribution in [0.5, 0.6) is 0 Å². The normalized spacial score (nSPS) is 29.7. The molecule has 2 aliphatic carbocycles. The van der Waals surface area contributed by atoms with Gasteiger partial charge in [0.25, 0.3) is 0 Å². The molecule has 116 valence electrons. The quantitative estimate of drug-likeness (QED) is 0.797. The minimum atomic E-state index is -3.51. The topological polar surface area (TPSA) is 72.2 Å². The van der Waals surface area contributed by atoms with Crippen LogP contribution < -0.4 is 10.5 Å². The van der Waals surface area contributed by atoms with Gasteiger partial charge in [-0.15, -0.1) is 0 Å². The lowest BCUT2D eigenvalue weighted by molar-refractivity contribution is 0.280. The zero-order valence-corrected chi connectivity index (χ0v) is 14.5. The molecule has 0 saturated heterocycles. The largest absolute Gasteiger partial charge is 0.399 e. The van der Waals surface area contributed by atoms with Crippen LogP contribution in [-0.4, -0.2) is 14.5 Å². The molecular formula is C15H21BrN2O2S. The fourth-order valence-corrected chi connectivity index (χ4v) is 6.43. The number of nitrogens with two attached hydrogens (primary N) is 1. The maximum Gasteiger partial charge on any atom is 0.241 e. The van der Waals surface area contributed by atoms with Gasteiger partial charge in [-0.1, -0.05) is 6.42 Å². The summed E-state index contributed by atoms with van der Waals surface area (Å²) in [6.45, 7) is 1.99. The van der Waals surface area contributed by atoms with Gasteiger partial charge in [-0.25, -0.2) is 13.1 Å². The van der Waals surface area contributed by atoms with E-state index >= 15 is 0 Å². The summed E-state index contributed by atoms with van der Waals surface area (Å²) in [5.41, 5.74) is 6.21. The highest BCUT2D eigenvalue weighted by molar-refractivity contribution is 9.10. The van der Waals surface area contributed by atoms with E-state index in [1.165, 1.54) is 19.3 Å². The van der Waals surface area contributed by atoms with Crippen LogP contribution in [0, 0.1) is 17.8 Å². The average molecular weight is 373 g/mol. The monoisotopic (exact) mass is 372 g/mol. The van der Waals surface area contributed by atoms with Crippen molar-refractivity contribution in [3.63, 3.8) is 0 Å². The number of benzene rings is 1. The molecule has 0 aromatic heterocycles. The lowest BCUT2D eigenvalue weighted by Gasteiger charge is -2.28. The summed E-state index contributed by atoms with van der Waals surface area (Å²) in [6, 6.07) is 4.77. The molecule has 0 heterocycles. The van der Waals surface area contributed by atoms with Gasteiger partial charge < -0.3 is 5.73 Å². The molecule has 3 rings (SSSR count). The van der Waals surface area contributed by atoms with Gasteiger partial charge in [-0.2, -0.15) is 0 Å². The third-order valence-corrected chi connectivity index (χ3v) is 7.56. The van der Waals surface area contributed by atoms with Crippen LogP contribution >= 0.6 is 15.9 Å². The van der Waals surface area contributed by atoms with Gasteiger partial charge in [-0.3, -0.25) is 0 Å². The Balaban J connectivity index is 1.76. The molecule has 2 aliphatic rings. The fourth-order valence-electron chi connectivity index (χ4n) is 4.04. The molecule has 1 aromatic carbocycles. The number of halogens is 1. The average Bonchev–Trinajstić information content (AvgIpc) is 2.99. The zero-order valence-electron chi connectivity index (χ0n) is 12.0. The van der Waals surface area contributed by atoms with Crippen molar-refractivity contribution in [3.05, 3.63) is 22.7 Å². The Kier molecular flexibility index (Phi) is 4.05. The van der Waals surface area contributed by atoms with E-state index < -0.39 is 10.0 Å². The number of anilines is 1. The maximum absolute atomic E-state index is 12.6. The second-order valence-electron chi connectivity index (χ2n) is 6.44. The summed E-state index contributed by atoms with van der Waals surface area (Å²) in [6.07, 6.45) is 5.02. The summed E-state index contributed by atoms with van der Waals surface area (Å²) in [5.74, 6) is 1.99. The summed E-state index contributed by atoms with van der Waals surface area (Å²) >= 11 is 3.29. The molecule has 3 N–H and O–H groups in total. The van der Waals surface area contributed by atoms with E-state index in [-0.39, 0.29) is 10.9 Å². The van der Waals surface area contributed by atoms with Crippen LogP contribution in [0.2, 0.25) is 0 Å². The molecule has 0 amide bonds. The van der Waals surface area contributed by atoms with E-state index in [0.717, 1.165) is 12.3 Å². The van der Waals surface area contributed by atoms with Gasteiger partial charge in [0, 0.05) is 16.2 Å².